The van der Waals surface area contributed by atoms with Crippen LogP contribution in [0.4, 0.5) is 4.79 Å². The smallest absolute Gasteiger partial charge is 0.408 e. The molecule has 2 amide bonds. The van der Waals surface area contributed by atoms with Gasteiger partial charge in [0.1, 0.15) is 19.2 Å². The van der Waals surface area contributed by atoms with Gasteiger partial charge in [-0.1, -0.05) is 44.2 Å². The second-order valence-electron chi connectivity index (χ2n) is 5.45. The van der Waals surface area contributed by atoms with Gasteiger partial charge < -0.3 is 20.1 Å². The van der Waals surface area contributed by atoms with Crippen molar-refractivity contribution >= 4 is 18.0 Å². The van der Waals surface area contributed by atoms with E-state index in [9.17, 15) is 14.4 Å². The standard InChI is InChI=1S/C17H24N2O5/c1-4-23-14(20)10-18-16(21)15(12(2)3)19-17(22)24-11-13-8-6-5-7-9-13/h5-9,12,15H,4,10-11H2,1-3H3,(H,18,21)(H,19,22)/t15-/m1/s1. The van der Waals surface area contributed by atoms with E-state index >= 15 is 0 Å². The molecular weight excluding hydrogens is 312 g/mol. The highest BCUT2D eigenvalue weighted by atomic mass is 16.5. The van der Waals surface area contributed by atoms with Crippen LogP contribution in [0.3, 0.4) is 0 Å². The molecule has 132 valence electrons. The van der Waals surface area contributed by atoms with Crippen molar-refractivity contribution in [2.24, 2.45) is 5.92 Å². The second kappa shape index (κ2) is 10.3. The zero-order chi connectivity index (χ0) is 17.9. The first-order valence-electron chi connectivity index (χ1n) is 7.84. The summed E-state index contributed by atoms with van der Waals surface area (Å²) in [5.74, 6) is -1.16. The lowest BCUT2D eigenvalue weighted by Gasteiger charge is -2.21. The van der Waals surface area contributed by atoms with Crippen LogP contribution in [0.5, 0.6) is 0 Å². The van der Waals surface area contributed by atoms with E-state index < -0.39 is 24.0 Å². The van der Waals surface area contributed by atoms with Crippen LogP contribution in [0.25, 0.3) is 0 Å². The minimum absolute atomic E-state index is 0.113. The van der Waals surface area contributed by atoms with E-state index in [-0.39, 0.29) is 25.7 Å². The maximum Gasteiger partial charge on any atom is 0.408 e. The van der Waals surface area contributed by atoms with Crippen LogP contribution in [0.1, 0.15) is 26.3 Å². The van der Waals surface area contributed by atoms with Gasteiger partial charge >= 0.3 is 12.1 Å². The Balaban J connectivity index is 2.47. The molecule has 0 heterocycles. The molecule has 7 heteroatoms. The van der Waals surface area contributed by atoms with E-state index in [2.05, 4.69) is 10.6 Å². The lowest BCUT2D eigenvalue weighted by Crippen LogP contribution is -2.50. The van der Waals surface area contributed by atoms with E-state index in [0.717, 1.165) is 5.56 Å². The minimum Gasteiger partial charge on any atom is -0.465 e. The predicted octanol–water partition coefficient (Wildman–Crippen LogP) is 1.62. The molecule has 0 aliphatic rings. The third-order valence-corrected chi connectivity index (χ3v) is 3.15. The van der Waals surface area contributed by atoms with E-state index in [1.165, 1.54) is 0 Å². The fourth-order valence-electron chi connectivity index (χ4n) is 1.91. The summed E-state index contributed by atoms with van der Waals surface area (Å²) in [4.78, 5) is 35.3. The summed E-state index contributed by atoms with van der Waals surface area (Å²) < 4.78 is 9.84. The third-order valence-electron chi connectivity index (χ3n) is 3.15. The van der Waals surface area contributed by atoms with Crippen LogP contribution in [0.15, 0.2) is 30.3 Å². The van der Waals surface area contributed by atoms with E-state index in [1.54, 1.807) is 20.8 Å². The summed E-state index contributed by atoms with van der Waals surface area (Å²) in [6.07, 6.45) is -0.691. The molecule has 0 fully saturated rings. The number of carbonyl (C=O) groups excluding carboxylic acids is 3. The maximum atomic E-state index is 12.1. The highest BCUT2D eigenvalue weighted by Crippen LogP contribution is 2.04. The van der Waals surface area contributed by atoms with Crippen molar-refractivity contribution < 1.29 is 23.9 Å². The molecule has 24 heavy (non-hydrogen) atoms. The van der Waals surface area contributed by atoms with Gasteiger partial charge in [0.05, 0.1) is 6.61 Å². The van der Waals surface area contributed by atoms with Gasteiger partial charge in [0.25, 0.3) is 0 Å². The molecule has 7 nitrogen and oxygen atoms in total. The summed E-state index contributed by atoms with van der Waals surface area (Å²) in [5, 5.41) is 4.96. The Bertz CT molecular complexity index is 545. The van der Waals surface area contributed by atoms with Crippen LogP contribution in [-0.4, -0.2) is 37.2 Å². The first-order chi connectivity index (χ1) is 11.4. The van der Waals surface area contributed by atoms with Crippen molar-refractivity contribution in [3.63, 3.8) is 0 Å². The van der Waals surface area contributed by atoms with E-state index in [1.807, 2.05) is 30.3 Å². The second-order valence-corrected chi connectivity index (χ2v) is 5.45. The molecule has 0 radical (unpaired) electrons. The molecule has 0 saturated carbocycles. The molecular formula is C17H24N2O5. The number of nitrogens with one attached hydrogen (secondary N) is 2. The molecule has 2 N–H and O–H groups in total. The molecule has 0 unspecified atom stereocenters. The largest absolute Gasteiger partial charge is 0.465 e. The van der Waals surface area contributed by atoms with Crippen LogP contribution in [0.2, 0.25) is 0 Å². The zero-order valence-electron chi connectivity index (χ0n) is 14.2. The molecule has 1 atom stereocenters. The normalized spacial score (nSPS) is 11.5. The van der Waals surface area contributed by atoms with Crippen LogP contribution >= 0.6 is 0 Å². The van der Waals surface area contributed by atoms with Crippen molar-refractivity contribution in [1.82, 2.24) is 10.6 Å². The highest BCUT2D eigenvalue weighted by molar-refractivity contribution is 5.88. The first kappa shape index (κ1) is 19.5. The number of esters is 1. The third kappa shape index (κ3) is 7.13. The molecule has 0 aliphatic carbocycles. The Hall–Kier alpha value is -2.57. The lowest BCUT2D eigenvalue weighted by molar-refractivity contribution is -0.143. The molecule has 0 aliphatic heterocycles. The van der Waals surface area contributed by atoms with E-state index in [4.69, 9.17) is 9.47 Å². The Kier molecular flexibility index (Phi) is 8.32. The Morgan fingerprint density at radius 1 is 1.08 bits per heavy atom. The topological polar surface area (TPSA) is 93.7 Å². The highest BCUT2D eigenvalue weighted by Gasteiger charge is 2.25. The van der Waals surface area contributed by atoms with Crippen molar-refractivity contribution in [3.05, 3.63) is 35.9 Å². The summed E-state index contributed by atoms with van der Waals surface area (Å²) in [6, 6.07) is 8.42. The summed E-state index contributed by atoms with van der Waals surface area (Å²) in [7, 11) is 0. The van der Waals surface area contributed by atoms with Gasteiger partial charge in [-0.15, -0.1) is 0 Å². The van der Waals surface area contributed by atoms with Crippen LogP contribution < -0.4 is 10.6 Å². The number of ether oxygens (including phenoxy) is 2. The van der Waals surface area contributed by atoms with Gasteiger partial charge in [-0.3, -0.25) is 9.59 Å². The van der Waals surface area contributed by atoms with Gasteiger partial charge in [-0.05, 0) is 18.4 Å². The molecule has 1 aromatic carbocycles. The molecule has 1 rings (SSSR count). The van der Waals surface area contributed by atoms with Gasteiger partial charge in [0.2, 0.25) is 5.91 Å². The Morgan fingerprint density at radius 2 is 1.75 bits per heavy atom. The van der Waals surface area contributed by atoms with E-state index in [0.29, 0.717) is 0 Å². The molecule has 1 aromatic rings. The fraction of sp³-hybridized carbons (Fsp3) is 0.471. The van der Waals surface area contributed by atoms with Crippen molar-refractivity contribution in [3.8, 4) is 0 Å². The molecule has 0 spiro atoms. The van der Waals surface area contributed by atoms with Crippen LogP contribution in [0, 0.1) is 5.92 Å². The minimum atomic E-state index is -0.803. The van der Waals surface area contributed by atoms with Crippen LogP contribution in [-0.2, 0) is 25.7 Å². The quantitative estimate of drug-likeness (QED) is 0.704. The van der Waals surface area contributed by atoms with Gasteiger partial charge in [-0.2, -0.15) is 0 Å². The maximum absolute atomic E-state index is 12.1. The number of rotatable bonds is 8. The van der Waals surface area contributed by atoms with Crippen molar-refractivity contribution in [1.29, 1.82) is 0 Å². The number of alkyl carbamates (subject to hydrolysis) is 1. The summed E-state index contributed by atoms with van der Waals surface area (Å²) >= 11 is 0. The monoisotopic (exact) mass is 336 g/mol. The SMILES string of the molecule is CCOC(=O)CNC(=O)[C@H](NC(=O)OCc1ccccc1)C(C)C. The average molecular weight is 336 g/mol. The fourth-order valence-corrected chi connectivity index (χ4v) is 1.91. The van der Waals surface area contributed by atoms with Gasteiger partial charge in [-0.25, -0.2) is 4.79 Å². The average Bonchev–Trinajstić information content (AvgIpc) is 2.56. The van der Waals surface area contributed by atoms with Gasteiger partial charge in [0, 0.05) is 0 Å². The molecule has 0 aromatic heterocycles. The number of hydrogen-bond donors (Lipinski definition) is 2. The number of benzene rings is 1. The number of hydrogen-bond acceptors (Lipinski definition) is 5. The summed E-state index contributed by atoms with van der Waals surface area (Å²) in [6.45, 7) is 5.37. The first-order valence-corrected chi connectivity index (χ1v) is 7.84. The predicted molar refractivity (Wildman–Crippen MR) is 88.0 cm³/mol. The number of carbonyl (C=O) groups is 3. The number of amides is 2. The summed E-state index contributed by atoms with van der Waals surface area (Å²) in [5.41, 5.74) is 0.848. The molecule has 0 saturated heterocycles. The van der Waals surface area contributed by atoms with Crippen molar-refractivity contribution in [2.45, 2.75) is 33.4 Å². The molecule has 0 bridgehead atoms. The van der Waals surface area contributed by atoms with Crippen molar-refractivity contribution in [2.75, 3.05) is 13.2 Å². The van der Waals surface area contributed by atoms with Gasteiger partial charge in [0.15, 0.2) is 0 Å². The Labute approximate surface area is 141 Å². The Morgan fingerprint density at radius 3 is 2.33 bits per heavy atom. The lowest BCUT2D eigenvalue weighted by atomic mass is 10.0. The zero-order valence-corrected chi connectivity index (χ0v) is 14.2.